The first-order valence-electron chi connectivity index (χ1n) is 3.66. The Kier molecular flexibility index (Phi) is 2.98. The van der Waals surface area contributed by atoms with Crippen molar-refractivity contribution in [2.24, 2.45) is 0 Å². The fourth-order valence-electron chi connectivity index (χ4n) is 0.900. The molecule has 12 heavy (non-hydrogen) atoms. The normalized spacial score (nSPS) is 8.58. The van der Waals surface area contributed by atoms with Gasteiger partial charge in [-0.2, -0.15) is 0 Å². The van der Waals surface area contributed by atoms with E-state index in [4.69, 9.17) is 11.2 Å². The highest BCUT2D eigenvalue weighted by molar-refractivity contribution is 5.55. The third-order valence-electron chi connectivity index (χ3n) is 1.45. The lowest BCUT2D eigenvalue weighted by molar-refractivity contribution is 0.369. The average molecular weight is 158 g/mol. The third-order valence-corrected chi connectivity index (χ3v) is 1.45. The van der Waals surface area contributed by atoms with Crippen LogP contribution >= 0.6 is 0 Å². The van der Waals surface area contributed by atoms with E-state index in [-0.39, 0.29) is 0 Å². The molecular weight excluding hydrogens is 148 g/mol. The van der Waals surface area contributed by atoms with Crippen LogP contribution in [-0.4, -0.2) is 6.61 Å². The van der Waals surface area contributed by atoms with Crippen molar-refractivity contribution in [3.63, 3.8) is 0 Å². The van der Waals surface area contributed by atoms with Gasteiger partial charge < -0.3 is 4.74 Å². The zero-order valence-corrected chi connectivity index (χ0v) is 6.79. The van der Waals surface area contributed by atoms with E-state index in [0.29, 0.717) is 6.61 Å². The number of rotatable bonds is 3. The Labute approximate surface area is 72.7 Å². The van der Waals surface area contributed by atoms with E-state index in [9.17, 15) is 0 Å². The maximum Gasteiger partial charge on any atom is 0.148 e. The Morgan fingerprint density at radius 1 is 1.50 bits per heavy atom. The van der Waals surface area contributed by atoms with Crippen molar-refractivity contribution in [2.45, 2.75) is 0 Å². The Morgan fingerprint density at radius 3 is 2.92 bits per heavy atom. The van der Waals surface area contributed by atoms with Gasteiger partial charge in [0.1, 0.15) is 12.4 Å². The van der Waals surface area contributed by atoms with Gasteiger partial charge in [0.15, 0.2) is 0 Å². The first-order chi connectivity index (χ1) is 5.88. The average Bonchev–Trinajstić information content (AvgIpc) is 2.15. The van der Waals surface area contributed by atoms with Crippen LogP contribution < -0.4 is 4.74 Å². The van der Waals surface area contributed by atoms with Gasteiger partial charge in [0.25, 0.3) is 0 Å². The molecule has 0 saturated heterocycles. The van der Waals surface area contributed by atoms with Gasteiger partial charge in [0, 0.05) is 5.56 Å². The van der Waals surface area contributed by atoms with Gasteiger partial charge in [-0.3, -0.25) is 0 Å². The van der Waals surface area contributed by atoms with E-state index in [1.165, 1.54) is 0 Å². The summed E-state index contributed by atoms with van der Waals surface area (Å²) in [6.07, 6.45) is 6.81. The number of benzene rings is 1. The van der Waals surface area contributed by atoms with Crippen LogP contribution in [-0.2, 0) is 0 Å². The van der Waals surface area contributed by atoms with Crippen molar-refractivity contribution in [1.82, 2.24) is 0 Å². The lowest BCUT2D eigenvalue weighted by Gasteiger charge is -2.04. The maximum absolute atomic E-state index is 5.27. The largest absolute Gasteiger partial charge is 0.480 e. The summed E-state index contributed by atoms with van der Waals surface area (Å²) >= 11 is 0. The van der Waals surface area contributed by atoms with Crippen LogP contribution in [0.3, 0.4) is 0 Å². The predicted octanol–water partition coefficient (Wildman–Crippen LogP) is 2.34. The predicted molar refractivity (Wildman–Crippen MR) is 50.9 cm³/mol. The van der Waals surface area contributed by atoms with Crippen molar-refractivity contribution in [2.75, 3.05) is 6.61 Å². The molecule has 0 unspecified atom stereocenters. The first-order valence-corrected chi connectivity index (χ1v) is 3.66. The van der Waals surface area contributed by atoms with Gasteiger partial charge in [0.05, 0.1) is 0 Å². The second-order valence-electron chi connectivity index (χ2n) is 2.23. The monoisotopic (exact) mass is 158 g/mol. The first kappa shape index (κ1) is 8.42. The van der Waals surface area contributed by atoms with Crippen LogP contribution in [0, 0.1) is 12.3 Å². The quantitative estimate of drug-likeness (QED) is 0.613. The minimum atomic E-state index is 0.296. The molecule has 1 aromatic carbocycles. The molecule has 1 rings (SSSR count). The molecule has 0 saturated carbocycles. The molecule has 60 valence electrons. The van der Waals surface area contributed by atoms with Crippen LogP contribution in [0.1, 0.15) is 5.56 Å². The van der Waals surface area contributed by atoms with Crippen molar-refractivity contribution < 1.29 is 4.74 Å². The van der Waals surface area contributed by atoms with Crippen molar-refractivity contribution >= 4 is 6.08 Å². The molecule has 0 aromatic heterocycles. The molecule has 1 nitrogen and oxygen atoms in total. The summed E-state index contributed by atoms with van der Waals surface area (Å²) in [5.74, 6) is 3.19. The molecule has 0 aliphatic heterocycles. The molecule has 1 aromatic rings. The Morgan fingerprint density at radius 2 is 2.25 bits per heavy atom. The molecule has 0 spiro atoms. The van der Waals surface area contributed by atoms with E-state index in [2.05, 4.69) is 12.5 Å². The zero-order chi connectivity index (χ0) is 8.81. The Bertz CT molecular complexity index is 307. The second kappa shape index (κ2) is 4.25. The Balaban J connectivity index is 2.83. The fraction of sp³-hybridized carbons (Fsp3) is 0.0909. The van der Waals surface area contributed by atoms with Crippen LogP contribution in [0.5, 0.6) is 5.75 Å². The van der Waals surface area contributed by atoms with Crippen LogP contribution in [0.25, 0.3) is 6.08 Å². The maximum atomic E-state index is 5.27. The van der Waals surface area contributed by atoms with E-state index in [1.54, 1.807) is 6.08 Å². The summed E-state index contributed by atoms with van der Waals surface area (Å²) in [4.78, 5) is 0. The highest BCUT2D eigenvalue weighted by atomic mass is 16.5. The summed E-state index contributed by atoms with van der Waals surface area (Å²) in [7, 11) is 0. The number of ether oxygens (including phenoxy) is 1. The van der Waals surface area contributed by atoms with Gasteiger partial charge >= 0.3 is 0 Å². The van der Waals surface area contributed by atoms with E-state index < -0.39 is 0 Å². The molecule has 1 heteroatoms. The van der Waals surface area contributed by atoms with Crippen molar-refractivity contribution in [3.8, 4) is 18.1 Å². The number of hydrogen-bond donors (Lipinski definition) is 0. The van der Waals surface area contributed by atoms with Crippen molar-refractivity contribution in [3.05, 3.63) is 36.4 Å². The Hall–Kier alpha value is -1.68. The van der Waals surface area contributed by atoms with Gasteiger partial charge in [-0.15, -0.1) is 6.42 Å². The summed E-state index contributed by atoms with van der Waals surface area (Å²) in [5.41, 5.74) is 0.966. The van der Waals surface area contributed by atoms with Crippen molar-refractivity contribution in [1.29, 1.82) is 0 Å². The molecule has 0 aliphatic rings. The highest BCUT2D eigenvalue weighted by Crippen LogP contribution is 2.18. The number of hydrogen-bond acceptors (Lipinski definition) is 1. The summed E-state index contributed by atoms with van der Waals surface area (Å²) < 4.78 is 5.27. The fourth-order valence-corrected chi connectivity index (χ4v) is 0.900. The van der Waals surface area contributed by atoms with Crippen LogP contribution in [0.2, 0.25) is 0 Å². The lowest BCUT2D eigenvalue weighted by Crippen LogP contribution is -1.94. The third kappa shape index (κ3) is 1.90. The molecule has 0 bridgehead atoms. The summed E-state index contributed by atoms with van der Waals surface area (Å²) in [6, 6.07) is 7.63. The standard InChI is InChI=1S/C11H10O/c1-3-9-12-11-8-6-5-7-10(11)4-2/h1,4-8H,2,9H2. The second-order valence-corrected chi connectivity index (χ2v) is 2.23. The smallest absolute Gasteiger partial charge is 0.148 e. The molecule has 0 radical (unpaired) electrons. The zero-order valence-electron chi connectivity index (χ0n) is 6.79. The molecule has 0 heterocycles. The molecule has 0 N–H and O–H groups in total. The van der Waals surface area contributed by atoms with E-state index in [1.807, 2.05) is 24.3 Å². The van der Waals surface area contributed by atoms with E-state index >= 15 is 0 Å². The van der Waals surface area contributed by atoms with Gasteiger partial charge in [-0.25, -0.2) is 0 Å². The minimum absolute atomic E-state index is 0.296. The van der Waals surface area contributed by atoms with Gasteiger partial charge in [-0.05, 0) is 6.07 Å². The van der Waals surface area contributed by atoms with Gasteiger partial charge in [-0.1, -0.05) is 36.8 Å². The molecule has 0 amide bonds. The van der Waals surface area contributed by atoms with Crippen LogP contribution in [0.15, 0.2) is 30.8 Å². The van der Waals surface area contributed by atoms with Gasteiger partial charge in [0.2, 0.25) is 0 Å². The number of para-hydroxylation sites is 1. The highest BCUT2D eigenvalue weighted by Gasteiger charge is 1.96. The van der Waals surface area contributed by atoms with E-state index in [0.717, 1.165) is 11.3 Å². The lowest BCUT2D eigenvalue weighted by atomic mass is 10.2. The summed E-state index contributed by atoms with van der Waals surface area (Å²) in [5, 5.41) is 0. The molecule has 0 fully saturated rings. The SMILES string of the molecule is C#CCOc1ccccc1C=C. The number of terminal acetylenes is 1. The minimum Gasteiger partial charge on any atom is -0.480 e. The molecule has 0 atom stereocenters. The molecular formula is C11H10O. The molecule has 0 aliphatic carbocycles. The van der Waals surface area contributed by atoms with Crippen LogP contribution in [0.4, 0.5) is 0 Å². The summed E-state index contributed by atoms with van der Waals surface area (Å²) in [6.45, 7) is 3.96. The topological polar surface area (TPSA) is 9.23 Å².